The van der Waals surface area contributed by atoms with Crippen LogP contribution in [0.15, 0.2) is 18.2 Å². The van der Waals surface area contributed by atoms with Crippen LogP contribution in [0.25, 0.3) is 0 Å². The van der Waals surface area contributed by atoms with Crippen molar-refractivity contribution in [3.63, 3.8) is 0 Å². The van der Waals surface area contributed by atoms with E-state index >= 15 is 0 Å². The third-order valence-corrected chi connectivity index (χ3v) is 3.36. The van der Waals surface area contributed by atoms with Crippen molar-refractivity contribution in [3.8, 4) is 0 Å². The minimum atomic E-state index is -3.36. The Morgan fingerprint density at radius 3 is 2.69 bits per heavy atom. The molecule has 0 unspecified atom stereocenters. The average Bonchev–Trinajstić information content (AvgIpc) is 2.20. The summed E-state index contributed by atoms with van der Waals surface area (Å²) in [4.78, 5) is 0. The smallest absolute Gasteiger partial charge is 0.235 e. The first-order valence-electron chi connectivity index (χ1n) is 4.80. The molecule has 0 bridgehead atoms. The summed E-state index contributed by atoms with van der Waals surface area (Å²) >= 11 is 0. The molecule has 0 aliphatic heterocycles. The van der Waals surface area contributed by atoms with E-state index in [2.05, 4.69) is 4.72 Å². The van der Waals surface area contributed by atoms with Crippen molar-refractivity contribution < 1.29 is 13.2 Å². The normalized spacial score (nSPS) is 11.4. The Labute approximate surface area is 95.7 Å². The third kappa shape index (κ3) is 3.71. The SMILES string of the molecule is COCCS(=O)(=O)Nc1ccc(C)c(N)c1. The average molecular weight is 244 g/mol. The van der Waals surface area contributed by atoms with Gasteiger partial charge in [0.1, 0.15) is 0 Å². The zero-order valence-corrected chi connectivity index (χ0v) is 10.2. The first-order chi connectivity index (χ1) is 7.44. The van der Waals surface area contributed by atoms with E-state index in [0.717, 1.165) is 5.56 Å². The standard InChI is InChI=1S/C10H16N2O3S/c1-8-3-4-9(7-10(8)11)12-16(13,14)6-5-15-2/h3-4,7,12H,5-6,11H2,1-2H3. The summed E-state index contributed by atoms with van der Waals surface area (Å²) < 4.78 is 30.2. The van der Waals surface area contributed by atoms with Crippen LogP contribution in [0.2, 0.25) is 0 Å². The van der Waals surface area contributed by atoms with Gasteiger partial charge in [-0.05, 0) is 24.6 Å². The van der Waals surface area contributed by atoms with Crippen LogP contribution in [0, 0.1) is 6.92 Å². The van der Waals surface area contributed by atoms with Crippen molar-refractivity contribution in [2.75, 3.05) is 29.9 Å². The number of hydrogen-bond donors (Lipinski definition) is 2. The minimum absolute atomic E-state index is 0.0721. The summed E-state index contributed by atoms with van der Waals surface area (Å²) in [7, 11) is -1.90. The molecule has 0 spiro atoms. The van der Waals surface area contributed by atoms with Crippen molar-refractivity contribution >= 4 is 21.4 Å². The van der Waals surface area contributed by atoms with Crippen LogP contribution in [0.4, 0.5) is 11.4 Å². The lowest BCUT2D eigenvalue weighted by Gasteiger charge is -2.09. The second kappa shape index (κ2) is 5.18. The molecule has 0 radical (unpaired) electrons. The van der Waals surface area contributed by atoms with E-state index in [-0.39, 0.29) is 12.4 Å². The first-order valence-corrected chi connectivity index (χ1v) is 6.45. The van der Waals surface area contributed by atoms with Gasteiger partial charge in [0.05, 0.1) is 18.0 Å². The van der Waals surface area contributed by atoms with Gasteiger partial charge < -0.3 is 10.5 Å². The topological polar surface area (TPSA) is 81.4 Å². The number of aryl methyl sites for hydroxylation is 1. The van der Waals surface area contributed by atoms with Crippen molar-refractivity contribution in [2.45, 2.75) is 6.92 Å². The monoisotopic (exact) mass is 244 g/mol. The Bertz CT molecular complexity index is 457. The van der Waals surface area contributed by atoms with E-state index in [4.69, 9.17) is 10.5 Å². The zero-order valence-electron chi connectivity index (χ0n) is 9.36. The minimum Gasteiger partial charge on any atom is -0.398 e. The molecule has 90 valence electrons. The lowest BCUT2D eigenvalue weighted by Crippen LogP contribution is -2.19. The van der Waals surface area contributed by atoms with E-state index in [9.17, 15) is 8.42 Å². The van der Waals surface area contributed by atoms with Gasteiger partial charge in [-0.2, -0.15) is 0 Å². The lowest BCUT2D eigenvalue weighted by molar-refractivity contribution is 0.217. The number of hydrogen-bond acceptors (Lipinski definition) is 4. The highest BCUT2D eigenvalue weighted by Crippen LogP contribution is 2.17. The van der Waals surface area contributed by atoms with E-state index in [1.807, 2.05) is 6.92 Å². The maximum Gasteiger partial charge on any atom is 0.235 e. The van der Waals surface area contributed by atoms with E-state index in [1.54, 1.807) is 18.2 Å². The highest BCUT2D eigenvalue weighted by atomic mass is 32.2. The molecule has 0 aromatic heterocycles. The molecule has 0 fully saturated rings. The molecule has 6 heteroatoms. The summed E-state index contributed by atoms with van der Waals surface area (Å²) in [6.45, 7) is 2.02. The van der Waals surface area contributed by atoms with Crippen LogP contribution in [0.3, 0.4) is 0 Å². The summed E-state index contributed by atoms with van der Waals surface area (Å²) in [6.07, 6.45) is 0. The Kier molecular flexibility index (Phi) is 4.14. The number of nitrogen functional groups attached to an aromatic ring is 1. The van der Waals surface area contributed by atoms with Gasteiger partial charge in [0, 0.05) is 12.8 Å². The van der Waals surface area contributed by atoms with Crippen molar-refractivity contribution in [1.82, 2.24) is 0 Å². The third-order valence-electron chi connectivity index (χ3n) is 2.11. The molecule has 0 aliphatic rings. The molecule has 16 heavy (non-hydrogen) atoms. The van der Waals surface area contributed by atoms with Gasteiger partial charge in [0.25, 0.3) is 0 Å². The Morgan fingerprint density at radius 2 is 2.12 bits per heavy atom. The second-order valence-corrected chi connectivity index (χ2v) is 5.33. The Morgan fingerprint density at radius 1 is 1.44 bits per heavy atom. The van der Waals surface area contributed by atoms with Crippen molar-refractivity contribution in [3.05, 3.63) is 23.8 Å². The van der Waals surface area contributed by atoms with E-state index < -0.39 is 10.0 Å². The van der Waals surface area contributed by atoms with Crippen molar-refractivity contribution in [1.29, 1.82) is 0 Å². The summed E-state index contributed by atoms with van der Waals surface area (Å²) in [6, 6.07) is 5.04. The van der Waals surface area contributed by atoms with Gasteiger partial charge in [-0.15, -0.1) is 0 Å². The predicted molar refractivity (Wildman–Crippen MR) is 64.9 cm³/mol. The summed E-state index contributed by atoms with van der Waals surface area (Å²) in [5.41, 5.74) is 7.63. The number of nitrogens with one attached hydrogen (secondary N) is 1. The van der Waals surface area contributed by atoms with Gasteiger partial charge in [0.2, 0.25) is 10.0 Å². The molecule has 0 atom stereocenters. The fraction of sp³-hybridized carbons (Fsp3) is 0.400. The van der Waals surface area contributed by atoms with Crippen LogP contribution >= 0.6 is 0 Å². The summed E-state index contributed by atoms with van der Waals surface area (Å²) in [5.74, 6) is -0.0721. The highest BCUT2D eigenvalue weighted by Gasteiger charge is 2.10. The predicted octanol–water partition coefficient (Wildman–Crippen LogP) is 0.965. The van der Waals surface area contributed by atoms with Crippen LogP contribution in [-0.2, 0) is 14.8 Å². The molecule has 1 aromatic carbocycles. The second-order valence-electron chi connectivity index (χ2n) is 3.49. The number of rotatable bonds is 5. The van der Waals surface area contributed by atoms with Gasteiger partial charge in [-0.1, -0.05) is 6.07 Å². The highest BCUT2D eigenvalue weighted by molar-refractivity contribution is 7.92. The molecule has 0 amide bonds. The lowest BCUT2D eigenvalue weighted by atomic mass is 10.2. The number of anilines is 2. The van der Waals surface area contributed by atoms with Crippen LogP contribution in [0.1, 0.15) is 5.56 Å². The molecule has 0 saturated heterocycles. The molecular weight excluding hydrogens is 228 g/mol. The Hall–Kier alpha value is -1.27. The number of benzene rings is 1. The van der Waals surface area contributed by atoms with Crippen LogP contribution < -0.4 is 10.5 Å². The number of nitrogens with two attached hydrogens (primary N) is 1. The largest absolute Gasteiger partial charge is 0.398 e. The van der Waals surface area contributed by atoms with Crippen molar-refractivity contribution in [2.24, 2.45) is 0 Å². The molecule has 1 aromatic rings. The molecule has 5 nitrogen and oxygen atoms in total. The van der Waals surface area contributed by atoms with E-state index in [0.29, 0.717) is 11.4 Å². The molecule has 0 saturated carbocycles. The molecule has 1 rings (SSSR count). The van der Waals surface area contributed by atoms with Crippen LogP contribution in [0.5, 0.6) is 0 Å². The maximum absolute atomic E-state index is 11.5. The first kappa shape index (κ1) is 12.8. The maximum atomic E-state index is 11.5. The number of methoxy groups -OCH3 is 1. The Balaban J connectivity index is 2.76. The summed E-state index contributed by atoms with van der Waals surface area (Å²) in [5, 5.41) is 0. The van der Waals surface area contributed by atoms with Gasteiger partial charge >= 0.3 is 0 Å². The quantitative estimate of drug-likeness (QED) is 0.756. The van der Waals surface area contributed by atoms with Gasteiger partial charge in [-0.25, -0.2) is 8.42 Å². The molecule has 0 heterocycles. The fourth-order valence-corrected chi connectivity index (χ4v) is 2.10. The molecule has 0 aliphatic carbocycles. The number of ether oxygens (including phenoxy) is 1. The van der Waals surface area contributed by atoms with E-state index in [1.165, 1.54) is 7.11 Å². The van der Waals surface area contributed by atoms with Gasteiger partial charge in [0.15, 0.2) is 0 Å². The van der Waals surface area contributed by atoms with Crippen LogP contribution in [-0.4, -0.2) is 27.9 Å². The zero-order chi connectivity index (χ0) is 12.2. The molecule has 3 N–H and O–H groups in total. The fourth-order valence-electron chi connectivity index (χ4n) is 1.13. The van der Waals surface area contributed by atoms with Gasteiger partial charge in [-0.3, -0.25) is 4.72 Å². The number of sulfonamides is 1. The molecular formula is C10H16N2O3S.